The van der Waals surface area contributed by atoms with Crippen LogP contribution in [0.4, 0.5) is 5.69 Å². The summed E-state index contributed by atoms with van der Waals surface area (Å²) in [5.41, 5.74) is 0.703. The molecule has 0 spiro atoms. The summed E-state index contributed by atoms with van der Waals surface area (Å²) in [4.78, 5) is 12.4. The van der Waals surface area contributed by atoms with Crippen LogP contribution in [-0.4, -0.2) is 12.5 Å². The van der Waals surface area contributed by atoms with Gasteiger partial charge in [0, 0.05) is 10.6 Å². The average molecular weight is 396 g/mol. The second-order valence-electron chi connectivity index (χ2n) is 4.84. The number of amides is 1. The average Bonchev–Trinajstić information content (AvgIpc) is 2.57. The summed E-state index contributed by atoms with van der Waals surface area (Å²) in [5, 5.41) is 13.0. The Morgan fingerprint density at radius 3 is 2.60 bits per heavy atom. The zero-order chi connectivity index (χ0) is 18.4. The van der Waals surface area contributed by atoms with Gasteiger partial charge in [-0.2, -0.15) is 5.26 Å². The number of rotatable bonds is 5. The number of hydrogen-bond donors (Lipinski definition) is 1. The van der Waals surface area contributed by atoms with Gasteiger partial charge in [-0.1, -0.05) is 46.9 Å². The molecule has 4 nitrogen and oxygen atoms in total. The van der Waals surface area contributed by atoms with Gasteiger partial charge in [0.15, 0.2) is 0 Å². The van der Waals surface area contributed by atoms with Crippen LogP contribution in [0.1, 0.15) is 12.5 Å². The normalized spacial score (nSPS) is 10.9. The largest absolute Gasteiger partial charge is 0.492 e. The third-order valence-corrected chi connectivity index (χ3v) is 3.94. The molecule has 2 aromatic carbocycles. The summed E-state index contributed by atoms with van der Waals surface area (Å²) in [5.74, 6) is -0.249. The van der Waals surface area contributed by atoms with E-state index in [4.69, 9.17) is 39.5 Å². The number of carbonyl (C=O) groups is 1. The fourth-order valence-electron chi connectivity index (χ4n) is 2.04. The summed E-state index contributed by atoms with van der Waals surface area (Å²) in [6.07, 6.45) is 1.37. The van der Waals surface area contributed by atoms with Gasteiger partial charge < -0.3 is 10.1 Å². The lowest BCUT2D eigenvalue weighted by molar-refractivity contribution is -0.112. The van der Waals surface area contributed by atoms with E-state index in [0.29, 0.717) is 38.7 Å². The highest BCUT2D eigenvalue weighted by Gasteiger charge is 2.15. The number of para-hydroxylation sites is 1. The number of carbonyl (C=O) groups excluding carboxylic acids is 1. The molecule has 0 heterocycles. The molecule has 2 aromatic rings. The fourth-order valence-corrected chi connectivity index (χ4v) is 2.79. The first-order valence-corrected chi connectivity index (χ1v) is 8.39. The molecule has 7 heteroatoms. The molecule has 25 heavy (non-hydrogen) atoms. The summed E-state index contributed by atoms with van der Waals surface area (Å²) in [6.45, 7) is 2.17. The molecule has 0 fully saturated rings. The Morgan fingerprint density at radius 1 is 1.24 bits per heavy atom. The van der Waals surface area contributed by atoms with E-state index >= 15 is 0 Å². The van der Waals surface area contributed by atoms with Gasteiger partial charge in [0.25, 0.3) is 5.91 Å². The van der Waals surface area contributed by atoms with Gasteiger partial charge in [0.05, 0.1) is 22.3 Å². The molecule has 0 aromatic heterocycles. The van der Waals surface area contributed by atoms with E-state index in [1.165, 1.54) is 12.1 Å². The van der Waals surface area contributed by atoms with Crippen molar-refractivity contribution in [1.82, 2.24) is 0 Å². The van der Waals surface area contributed by atoms with Crippen molar-refractivity contribution in [2.45, 2.75) is 6.92 Å². The fraction of sp³-hybridized carbons (Fsp3) is 0.111. The van der Waals surface area contributed by atoms with Gasteiger partial charge in [-0.3, -0.25) is 4.79 Å². The smallest absolute Gasteiger partial charge is 0.266 e. The Kier molecular flexibility index (Phi) is 6.72. The Morgan fingerprint density at radius 2 is 1.96 bits per heavy atom. The Balaban J connectivity index is 2.39. The van der Waals surface area contributed by atoms with Crippen molar-refractivity contribution in [1.29, 1.82) is 5.26 Å². The van der Waals surface area contributed by atoms with Crippen LogP contribution in [0.2, 0.25) is 15.1 Å². The van der Waals surface area contributed by atoms with E-state index in [2.05, 4.69) is 5.32 Å². The van der Waals surface area contributed by atoms with Crippen molar-refractivity contribution in [3.8, 4) is 11.8 Å². The molecule has 0 saturated heterocycles. The van der Waals surface area contributed by atoms with Crippen LogP contribution in [0.25, 0.3) is 6.08 Å². The second-order valence-corrected chi connectivity index (χ2v) is 6.09. The summed E-state index contributed by atoms with van der Waals surface area (Å²) in [7, 11) is 0. The predicted molar refractivity (Wildman–Crippen MR) is 101 cm³/mol. The molecule has 1 N–H and O–H groups in total. The molecule has 2 rings (SSSR count). The van der Waals surface area contributed by atoms with Crippen LogP contribution in [-0.2, 0) is 4.79 Å². The maximum atomic E-state index is 12.4. The lowest BCUT2D eigenvalue weighted by atomic mass is 10.1. The lowest BCUT2D eigenvalue weighted by Crippen LogP contribution is -2.13. The van der Waals surface area contributed by atoms with Crippen molar-refractivity contribution in [2.24, 2.45) is 0 Å². The zero-order valence-corrected chi connectivity index (χ0v) is 15.4. The minimum absolute atomic E-state index is 0.140. The van der Waals surface area contributed by atoms with Crippen LogP contribution in [0.15, 0.2) is 42.0 Å². The molecule has 0 atom stereocenters. The quantitative estimate of drug-likeness (QED) is 0.530. The molecular formula is C18H13Cl3N2O2. The molecule has 0 bridgehead atoms. The van der Waals surface area contributed by atoms with Gasteiger partial charge in [-0.25, -0.2) is 0 Å². The molecule has 0 aliphatic heterocycles. The molecule has 0 radical (unpaired) electrons. The SMILES string of the molecule is CCOc1c(Cl)cc(Cl)cc1/C=C(\C#N)C(=O)Nc1ccccc1Cl. The molecule has 1 amide bonds. The number of nitriles is 1. The van der Waals surface area contributed by atoms with E-state index in [9.17, 15) is 10.1 Å². The van der Waals surface area contributed by atoms with Crippen LogP contribution >= 0.6 is 34.8 Å². The first-order valence-electron chi connectivity index (χ1n) is 7.25. The standard InChI is InChI=1S/C18H13Cl3N2O2/c1-2-25-17-11(8-13(19)9-15(17)21)7-12(10-22)18(24)23-16-6-4-3-5-14(16)20/h3-9H,2H2,1H3,(H,23,24)/b12-7+. The molecule has 128 valence electrons. The van der Waals surface area contributed by atoms with E-state index in [1.54, 1.807) is 37.3 Å². The Bertz CT molecular complexity index is 873. The van der Waals surface area contributed by atoms with Crippen LogP contribution in [0.5, 0.6) is 5.75 Å². The van der Waals surface area contributed by atoms with Crippen molar-refractivity contribution in [3.05, 3.63) is 62.6 Å². The number of nitrogens with zero attached hydrogens (tertiary/aromatic N) is 1. The van der Waals surface area contributed by atoms with Crippen LogP contribution in [0, 0.1) is 11.3 Å². The first kappa shape index (κ1) is 19.1. The van der Waals surface area contributed by atoms with Gasteiger partial charge in [-0.05, 0) is 37.3 Å². The van der Waals surface area contributed by atoms with Crippen molar-refractivity contribution < 1.29 is 9.53 Å². The van der Waals surface area contributed by atoms with Gasteiger partial charge in [-0.15, -0.1) is 0 Å². The number of ether oxygens (including phenoxy) is 1. The number of anilines is 1. The van der Waals surface area contributed by atoms with Crippen LogP contribution < -0.4 is 10.1 Å². The number of nitrogens with one attached hydrogen (secondary N) is 1. The molecule has 0 unspecified atom stereocenters. The van der Waals surface area contributed by atoms with Gasteiger partial charge in [0.2, 0.25) is 0 Å². The van der Waals surface area contributed by atoms with Crippen molar-refractivity contribution >= 4 is 52.5 Å². The molecular weight excluding hydrogens is 383 g/mol. The molecule has 0 saturated carbocycles. The second kappa shape index (κ2) is 8.77. The van der Waals surface area contributed by atoms with E-state index in [-0.39, 0.29) is 5.57 Å². The summed E-state index contributed by atoms with van der Waals surface area (Å²) >= 11 is 18.2. The monoisotopic (exact) mass is 394 g/mol. The van der Waals surface area contributed by atoms with Crippen molar-refractivity contribution in [2.75, 3.05) is 11.9 Å². The topological polar surface area (TPSA) is 62.1 Å². The maximum absolute atomic E-state index is 12.4. The zero-order valence-electron chi connectivity index (χ0n) is 13.1. The van der Waals surface area contributed by atoms with E-state index in [0.717, 1.165) is 0 Å². The highest BCUT2D eigenvalue weighted by molar-refractivity contribution is 6.36. The van der Waals surface area contributed by atoms with E-state index < -0.39 is 5.91 Å². The third kappa shape index (κ3) is 4.90. The highest BCUT2D eigenvalue weighted by atomic mass is 35.5. The summed E-state index contributed by atoms with van der Waals surface area (Å²) in [6, 6.07) is 11.7. The minimum atomic E-state index is -0.603. The van der Waals surface area contributed by atoms with Gasteiger partial charge in [0.1, 0.15) is 17.4 Å². The first-order chi connectivity index (χ1) is 12.0. The summed E-state index contributed by atoms with van der Waals surface area (Å²) < 4.78 is 5.49. The maximum Gasteiger partial charge on any atom is 0.266 e. The van der Waals surface area contributed by atoms with Gasteiger partial charge >= 0.3 is 0 Å². The molecule has 0 aliphatic carbocycles. The lowest BCUT2D eigenvalue weighted by Gasteiger charge is -2.11. The number of halogens is 3. The Hall–Kier alpha value is -2.19. The number of benzene rings is 2. The Labute approximate surface area is 160 Å². The van der Waals surface area contributed by atoms with Crippen molar-refractivity contribution in [3.63, 3.8) is 0 Å². The van der Waals surface area contributed by atoms with Crippen LogP contribution in [0.3, 0.4) is 0 Å². The van der Waals surface area contributed by atoms with E-state index in [1.807, 2.05) is 6.07 Å². The predicted octanol–water partition coefficient (Wildman–Crippen LogP) is 5.59. The third-order valence-electron chi connectivity index (χ3n) is 3.11. The molecule has 0 aliphatic rings. The highest BCUT2D eigenvalue weighted by Crippen LogP contribution is 2.34. The number of hydrogen-bond acceptors (Lipinski definition) is 3. The minimum Gasteiger partial charge on any atom is -0.492 e.